The molecule has 1 aliphatic rings. The highest BCUT2D eigenvalue weighted by molar-refractivity contribution is 5.72. The maximum Gasteiger partial charge on any atom is 0.410 e. The third kappa shape index (κ3) is 3.74. The van der Waals surface area contributed by atoms with Crippen LogP contribution in [0.15, 0.2) is 12.7 Å². The van der Waals surface area contributed by atoms with Crippen LogP contribution in [-0.4, -0.2) is 54.5 Å². The number of likely N-dealkylation sites (tertiary alicyclic amines) is 1. The minimum atomic E-state index is -0.937. The minimum Gasteiger partial charge on any atom is -0.481 e. The molecule has 1 rings (SSSR count). The molecule has 1 aliphatic heterocycles. The maximum atomic E-state index is 11.7. The molecule has 0 aliphatic carbocycles. The van der Waals surface area contributed by atoms with Crippen LogP contribution in [0.25, 0.3) is 0 Å². The Bertz CT molecular complexity index is 304. The monoisotopic (exact) mass is 243 g/mol. The third-order valence-corrected chi connectivity index (χ3v) is 2.68. The van der Waals surface area contributed by atoms with Gasteiger partial charge >= 0.3 is 12.1 Å². The number of hydrogen-bond acceptors (Lipinski definition) is 4. The lowest BCUT2D eigenvalue weighted by Gasteiger charge is -2.21. The molecule has 96 valence electrons. The molecule has 17 heavy (non-hydrogen) atoms. The molecule has 2 atom stereocenters. The van der Waals surface area contributed by atoms with Gasteiger partial charge in [0.1, 0.15) is 6.61 Å². The number of carbonyl (C=O) groups is 2. The van der Waals surface area contributed by atoms with Crippen molar-refractivity contribution in [2.45, 2.75) is 25.0 Å². The molecule has 6 heteroatoms. The molecule has 0 saturated carbocycles. The van der Waals surface area contributed by atoms with E-state index >= 15 is 0 Å². The Labute approximate surface area is 99.8 Å². The zero-order valence-electron chi connectivity index (χ0n) is 9.80. The van der Waals surface area contributed by atoms with Crippen LogP contribution >= 0.6 is 0 Å². The summed E-state index contributed by atoms with van der Waals surface area (Å²) in [7, 11) is 1.54. The van der Waals surface area contributed by atoms with E-state index in [9.17, 15) is 9.59 Å². The molecular formula is C11H17NO5. The summed E-state index contributed by atoms with van der Waals surface area (Å²) in [5.74, 6) is -0.937. The quantitative estimate of drug-likeness (QED) is 0.725. The van der Waals surface area contributed by atoms with Crippen molar-refractivity contribution in [2.24, 2.45) is 0 Å². The van der Waals surface area contributed by atoms with Crippen molar-refractivity contribution in [2.75, 3.05) is 20.3 Å². The summed E-state index contributed by atoms with van der Waals surface area (Å²) in [6.07, 6.45) is 1.24. The second-order valence-corrected chi connectivity index (χ2v) is 3.86. The van der Waals surface area contributed by atoms with Gasteiger partial charge in [-0.1, -0.05) is 12.7 Å². The molecule has 0 aromatic carbocycles. The Morgan fingerprint density at radius 1 is 1.59 bits per heavy atom. The van der Waals surface area contributed by atoms with Crippen LogP contribution in [0.5, 0.6) is 0 Å². The average molecular weight is 243 g/mol. The molecule has 6 nitrogen and oxygen atoms in total. The van der Waals surface area contributed by atoms with Crippen molar-refractivity contribution < 1.29 is 24.2 Å². The molecule has 0 spiro atoms. The number of nitrogens with zero attached hydrogens (tertiary/aromatic N) is 1. The molecular weight excluding hydrogens is 226 g/mol. The molecule has 1 N–H and O–H groups in total. The number of rotatable bonds is 5. The van der Waals surface area contributed by atoms with Gasteiger partial charge in [-0.15, -0.1) is 0 Å². The first-order valence-electron chi connectivity index (χ1n) is 5.37. The SMILES string of the molecule is C=CCOC(=O)N1C[C@@H](OC)C[C@H]1CC(=O)O. The molecule has 0 unspecified atom stereocenters. The van der Waals surface area contributed by atoms with Gasteiger partial charge in [0.25, 0.3) is 0 Å². The smallest absolute Gasteiger partial charge is 0.410 e. The summed E-state index contributed by atoms with van der Waals surface area (Å²) in [4.78, 5) is 23.8. The van der Waals surface area contributed by atoms with Crippen molar-refractivity contribution in [1.29, 1.82) is 0 Å². The van der Waals surface area contributed by atoms with Crippen molar-refractivity contribution in [3.8, 4) is 0 Å². The van der Waals surface area contributed by atoms with Gasteiger partial charge in [0.05, 0.1) is 19.1 Å². The summed E-state index contributed by atoms with van der Waals surface area (Å²) in [5, 5.41) is 8.77. The van der Waals surface area contributed by atoms with Crippen molar-refractivity contribution in [1.82, 2.24) is 4.90 Å². The van der Waals surface area contributed by atoms with E-state index in [2.05, 4.69) is 6.58 Å². The van der Waals surface area contributed by atoms with Gasteiger partial charge in [-0.3, -0.25) is 4.79 Å². The number of aliphatic carboxylic acids is 1. The van der Waals surface area contributed by atoms with Crippen LogP contribution in [0.3, 0.4) is 0 Å². The van der Waals surface area contributed by atoms with E-state index in [1.165, 1.54) is 11.0 Å². The second-order valence-electron chi connectivity index (χ2n) is 3.86. The van der Waals surface area contributed by atoms with Gasteiger partial charge in [-0.25, -0.2) is 4.79 Å². The molecule has 1 amide bonds. The van der Waals surface area contributed by atoms with E-state index in [0.29, 0.717) is 13.0 Å². The van der Waals surface area contributed by atoms with E-state index in [4.69, 9.17) is 14.6 Å². The fourth-order valence-electron chi connectivity index (χ4n) is 1.88. The number of hydrogen-bond donors (Lipinski definition) is 1. The fourth-order valence-corrected chi connectivity index (χ4v) is 1.88. The standard InChI is InChI=1S/C11H17NO5/c1-3-4-17-11(15)12-7-9(16-2)5-8(12)6-10(13)14/h3,8-9H,1,4-7H2,2H3,(H,13,14)/t8-,9-/m0/s1. The number of carboxylic acids is 1. The van der Waals surface area contributed by atoms with E-state index < -0.39 is 12.1 Å². The normalized spacial score (nSPS) is 23.5. The van der Waals surface area contributed by atoms with Crippen molar-refractivity contribution in [3.63, 3.8) is 0 Å². The first-order valence-corrected chi connectivity index (χ1v) is 5.37. The van der Waals surface area contributed by atoms with Gasteiger partial charge < -0.3 is 19.5 Å². The zero-order valence-corrected chi connectivity index (χ0v) is 9.80. The number of ether oxygens (including phenoxy) is 2. The summed E-state index contributed by atoms with van der Waals surface area (Å²) in [5.41, 5.74) is 0. The number of carbonyl (C=O) groups excluding carboxylic acids is 1. The average Bonchev–Trinajstić information content (AvgIpc) is 2.68. The Kier molecular flexibility index (Phi) is 4.96. The van der Waals surface area contributed by atoms with Crippen molar-refractivity contribution >= 4 is 12.1 Å². The van der Waals surface area contributed by atoms with Gasteiger partial charge in [-0.2, -0.15) is 0 Å². The highest BCUT2D eigenvalue weighted by Gasteiger charge is 2.37. The molecule has 0 aromatic rings. The highest BCUT2D eigenvalue weighted by atomic mass is 16.6. The van der Waals surface area contributed by atoms with E-state index in [1.54, 1.807) is 7.11 Å². The van der Waals surface area contributed by atoms with Crippen LogP contribution in [-0.2, 0) is 14.3 Å². The van der Waals surface area contributed by atoms with Gasteiger partial charge in [0.2, 0.25) is 0 Å². The predicted molar refractivity (Wildman–Crippen MR) is 59.7 cm³/mol. The topological polar surface area (TPSA) is 76.1 Å². The minimum absolute atomic E-state index is 0.0942. The second kappa shape index (κ2) is 6.24. The van der Waals surface area contributed by atoms with Crippen LogP contribution in [0, 0.1) is 0 Å². The molecule has 0 bridgehead atoms. The lowest BCUT2D eigenvalue weighted by molar-refractivity contribution is -0.138. The van der Waals surface area contributed by atoms with Crippen LogP contribution in [0.1, 0.15) is 12.8 Å². The van der Waals surface area contributed by atoms with E-state index in [-0.39, 0.29) is 25.2 Å². The van der Waals surface area contributed by atoms with Crippen LogP contribution in [0.2, 0.25) is 0 Å². The third-order valence-electron chi connectivity index (χ3n) is 2.68. The molecule has 0 radical (unpaired) electrons. The Morgan fingerprint density at radius 3 is 2.82 bits per heavy atom. The zero-order chi connectivity index (χ0) is 12.8. The molecule has 1 heterocycles. The Hall–Kier alpha value is -1.56. The van der Waals surface area contributed by atoms with Gasteiger partial charge in [-0.05, 0) is 6.42 Å². The van der Waals surface area contributed by atoms with Gasteiger partial charge in [0, 0.05) is 13.2 Å². The summed E-state index contributed by atoms with van der Waals surface area (Å²) < 4.78 is 10.0. The first-order chi connectivity index (χ1) is 8.08. The van der Waals surface area contributed by atoms with Gasteiger partial charge in [0.15, 0.2) is 0 Å². The summed E-state index contributed by atoms with van der Waals surface area (Å²) in [6, 6.07) is -0.366. The molecule has 1 fully saturated rings. The molecule has 0 aromatic heterocycles. The summed E-state index contributed by atoms with van der Waals surface area (Å²) >= 11 is 0. The maximum absolute atomic E-state index is 11.7. The van der Waals surface area contributed by atoms with Crippen LogP contribution < -0.4 is 0 Å². The first kappa shape index (κ1) is 13.5. The fraction of sp³-hybridized carbons (Fsp3) is 0.636. The van der Waals surface area contributed by atoms with Crippen molar-refractivity contribution in [3.05, 3.63) is 12.7 Å². The molecule has 1 saturated heterocycles. The van der Waals surface area contributed by atoms with E-state index in [1.807, 2.05) is 0 Å². The number of methoxy groups -OCH3 is 1. The Morgan fingerprint density at radius 2 is 2.29 bits per heavy atom. The van der Waals surface area contributed by atoms with Crippen LogP contribution in [0.4, 0.5) is 4.79 Å². The number of amides is 1. The predicted octanol–water partition coefficient (Wildman–Crippen LogP) is 0.873. The van der Waals surface area contributed by atoms with E-state index in [0.717, 1.165) is 0 Å². The Balaban J connectivity index is 2.61. The largest absolute Gasteiger partial charge is 0.481 e. The lowest BCUT2D eigenvalue weighted by atomic mass is 10.1. The number of carboxylic acid groups (broad SMARTS) is 1. The lowest BCUT2D eigenvalue weighted by Crippen LogP contribution is -2.37. The highest BCUT2D eigenvalue weighted by Crippen LogP contribution is 2.23. The summed E-state index contributed by atoms with van der Waals surface area (Å²) in [6.45, 7) is 3.93.